The maximum absolute atomic E-state index is 12.7. The Balaban J connectivity index is 1.63. The van der Waals surface area contributed by atoms with Crippen molar-refractivity contribution in [2.24, 2.45) is 0 Å². The van der Waals surface area contributed by atoms with E-state index in [-0.39, 0.29) is 18.6 Å². The first-order chi connectivity index (χ1) is 12.9. The van der Waals surface area contributed by atoms with Crippen molar-refractivity contribution in [2.75, 3.05) is 7.05 Å². The third-order valence-corrected chi connectivity index (χ3v) is 4.54. The molecular weight excluding hydrogens is 366 g/mol. The predicted octanol–water partition coefficient (Wildman–Crippen LogP) is 4.44. The highest BCUT2D eigenvalue weighted by Crippen LogP contribution is 2.23. The molecule has 1 amide bonds. The van der Waals surface area contributed by atoms with E-state index in [9.17, 15) is 4.79 Å². The minimum absolute atomic E-state index is 0.0715. The Labute approximate surface area is 162 Å². The van der Waals surface area contributed by atoms with Gasteiger partial charge >= 0.3 is 0 Å². The summed E-state index contributed by atoms with van der Waals surface area (Å²) in [5.74, 6) is 1.52. The summed E-state index contributed by atoms with van der Waals surface area (Å²) in [6.45, 7) is 3.90. The number of hydrogen-bond acceptors (Lipinski definition) is 5. The Morgan fingerprint density at radius 2 is 1.85 bits per heavy atom. The van der Waals surface area contributed by atoms with Crippen LogP contribution >= 0.6 is 11.6 Å². The number of carbonyl (C=O) groups excluding carboxylic acids is 1. The second-order valence-electron chi connectivity index (χ2n) is 6.19. The van der Waals surface area contributed by atoms with Gasteiger partial charge in [-0.3, -0.25) is 4.79 Å². The van der Waals surface area contributed by atoms with Gasteiger partial charge in [-0.25, -0.2) is 0 Å². The normalized spacial score (nSPS) is 11.9. The van der Waals surface area contributed by atoms with Gasteiger partial charge in [-0.15, -0.1) is 0 Å². The smallest absolute Gasteiger partial charge is 0.254 e. The first-order valence-electron chi connectivity index (χ1n) is 8.48. The van der Waals surface area contributed by atoms with Gasteiger partial charge in [0.2, 0.25) is 11.7 Å². The third-order valence-electron chi connectivity index (χ3n) is 4.29. The zero-order chi connectivity index (χ0) is 19.4. The van der Waals surface area contributed by atoms with Crippen LogP contribution in [-0.4, -0.2) is 28.0 Å². The van der Waals surface area contributed by atoms with Gasteiger partial charge < -0.3 is 14.2 Å². The highest BCUT2D eigenvalue weighted by molar-refractivity contribution is 6.30. The largest absolute Gasteiger partial charge is 0.485 e. The fourth-order valence-electron chi connectivity index (χ4n) is 2.59. The first kappa shape index (κ1) is 18.9. The lowest BCUT2D eigenvalue weighted by atomic mass is 10.1. The molecule has 1 heterocycles. The Kier molecular flexibility index (Phi) is 5.76. The SMILES string of the molecule is Cc1nc(COc2ccc(C(=O)N(C)C(C)c3ccc(Cl)cc3)cc2)no1. The van der Waals surface area contributed by atoms with Crippen LogP contribution < -0.4 is 4.74 Å². The van der Waals surface area contributed by atoms with E-state index in [1.165, 1.54) is 0 Å². The molecule has 3 aromatic rings. The van der Waals surface area contributed by atoms with Crippen LogP contribution in [0.3, 0.4) is 0 Å². The molecule has 3 rings (SSSR count). The van der Waals surface area contributed by atoms with Gasteiger partial charge in [0.15, 0.2) is 6.61 Å². The second kappa shape index (κ2) is 8.22. The summed E-state index contributed by atoms with van der Waals surface area (Å²) in [5, 5.41) is 4.45. The molecule has 1 unspecified atom stereocenters. The molecule has 0 N–H and O–H groups in total. The lowest BCUT2D eigenvalue weighted by molar-refractivity contribution is 0.0742. The molecule has 2 aromatic carbocycles. The van der Waals surface area contributed by atoms with Crippen molar-refractivity contribution in [3.8, 4) is 5.75 Å². The van der Waals surface area contributed by atoms with Crippen molar-refractivity contribution in [3.63, 3.8) is 0 Å². The van der Waals surface area contributed by atoms with Crippen LogP contribution in [0.15, 0.2) is 53.1 Å². The number of hydrogen-bond donors (Lipinski definition) is 0. The average Bonchev–Trinajstić information content (AvgIpc) is 3.11. The number of nitrogens with zero attached hydrogens (tertiary/aromatic N) is 3. The Bertz CT molecular complexity index is 907. The number of carbonyl (C=O) groups is 1. The van der Waals surface area contributed by atoms with Gasteiger partial charge in [0, 0.05) is 24.6 Å². The molecule has 6 nitrogen and oxygen atoms in total. The molecule has 7 heteroatoms. The first-order valence-corrected chi connectivity index (χ1v) is 8.86. The summed E-state index contributed by atoms with van der Waals surface area (Å²) < 4.78 is 10.5. The maximum Gasteiger partial charge on any atom is 0.254 e. The molecule has 0 spiro atoms. The molecular formula is C20H20ClN3O3. The molecule has 0 bridgehead atoms. The van der Waals surface area contributed by atoms with E-state index in [1.54, 1.807) is 43.1 Å². The summed E-state index contributed by atoms with van der Waals surface area (Å²) in [7, 11) is 1.78. The second-order valence-corrected chi connectivity index (χ2v) is 6.62. The topological polar surface area (TPSA) is 68.5 Å². The molecule has 0 aliphatic carbocycles. The zero-order valence-corrected chi connectivity index (χ0v) is 16.1. The molecule has 0 radical (unpaired) electrons. The number of halogens is 1. The molecule has 1 atom stereocenters. The maximum atomic E-state index is 12.7. The van der Waals surface area contributed by atoms with Crippen molar-refractivity contribution < 1.29 is 14.1 Å². The van der Waals surface area contributed by atoms with Crippen molar-refractivity contribution >= 4 is 17.5 Å². The summed E-state index contributed by atoms with van der Waals surface area (Å²) in [6, 6.07) is 14.4. The van der Waals surface area contributed by atoms with E-state index >= 15 is 0 Å². The molecule has 1 aromatic heterocycles. The molecule has 0 fully saturated rings. The van der Waals surface area contributed by atoms with E-state index in [2.05, 4.69) is 10.1 Å². The van der Waals surface area contributed by atoms with E-state index < -0.39 is 0 Å². The van der Waals surface area contributed by atoms with Crippen molar-refractivity contribution in [1.29, 1.82) is 0 Å². The van der Waals surface area contributed by atoms with Gasteiger partial charge in [0.25, 0.3) is 5.91 Å². The quantitative estimate of drug-likeness (QED) is 0.627. The van der Waals surface area contributed by atoms with Gasteiger partial charge in [-0.05, 0) is 48.9 Å². The van der Waals surface area contributed by atoms with Crippen LogP contribution in [0.4, 0.5) is 0 Å². The number of benzene rings is 2. The van der Waals surface area contributed by atoms with Crippen LogP contribution in [0.25, 0.3) is 0 Å². The Hall–Kier alpha value is -2.86. The number of rotatable bonds is 6. The molecule has 27 heavy (non-hydrogen) atoms. The lowest BCUT2D eigenvalue weighted by Gasteiger charge is -2.25. The fraction of sp³-hybridized carbons (Fsp3) is 0.250. The van der Waals surface area contributed by atoms with Gasteiger partial charge in [-0.2, -0.15) is 4.98 Å². The number of aryl methyl sites for hydroxylation is 1. The summed E-state index contributed by atoms with van der Waals surface area (Å²) in [4.78, 5) is 18.5. The van der Waals surface area contributed by atoms with E-state index in [0.29, 0.717) is 28.1 Å². The van der Waals surface area contributed by atoms with Gasteiger partial charge in [0.05, 0.1) is 6.04 Å². The van der Waals surface area contributed by atoms with Crippen LogP contribution in [0.1, 0.15) is 40.6 Å². The molecule has 140 valence electrons. The van der Waals surface area contributed by atoms with E-state index in [4.69, 9.17) is 20.9 Å². The lowest BCUT2D eigenvalue weighted by Crippen LogP contribution is -2.29. The van der Waals surface area contributed by atoms with Crippen molar-refractivity contribution in [3.05, 3.63) is 76.4 Å². The van der Waals surface area contributed by atoms with E-state index in [1.807, 2.05) is 31.2 Å². The van der Waals surface area contributed by atoms with Crippen molar-refractivity contribution in [2.45, 2.75) is 26.5 Å². The minimum atomic E-state index is -0.0767. The minimum Gasteiger partial charge on any atom is -0.485 e. The highest BCUT2D eigenvalue weighted by Gasteiger charge is 2.19. The molecule has 0 saturated carbocycles. The van der Waals surface area contributed by atoms with Crippen LogP contribution in [0, 0.1) is 6.92 Å². The Morgan fingerprint density at radius 3 is 2.44 bits per heavy atom. The summed E-state index contributed by atoms with van der Waals surface area (Å²) >= 11 is 5.93. The zero-order valence-electron chi connectivity index (χ0n) is 15.3. The Morgan fingerprint density at radius 1 is 1.19 bits per heavy atom. The average molecular weight is 386 g/mol. The molecule has 0 aliphatic rings. The fourth-order valence-corrected chi connectivity index (χ4v) is 2.71. The van der Waals surface area contributed by atoms with Crippen LogP contribution in [-0.2, 0) is 6.61 Å². The predicted molar refractivity (Wildman–Crippen MR) is 102 cm³/mol. The monoisotopic (exact) mass is 385 g/mol. The van der Waals surface area contributed by atoms with Crippen LogP contribution in [0.2, 0.25) is 5.02 Å². The van der Waals surface area contributed by atoms with Crippen LogP contribution in [0.5, 0.6) is 5.75 Å². The summed E-state index contributed by atoms with van der Waals surface area (Å²) in [5.41, 5.74) is 1.60. The summed E-state index contributed by atoms with van der Waals surface area (Å²) in [6.07, 6.45) is 0. The van der Waals surface area contributed by atoms with Gasteiger partial charge in [-0.1, -0.05) is 28.9 Å². The van der Waals surface area contributed by atoms with Gasteiger partial charge in [0.1, 0.15) is 5.75 Å². The molecule has 0 saturated heterocycles. The van der Waals surface area contributed by atoms with Crippen molar-refractivity contribution in [1.82, 2.24) is 15.0 Å². The molecule has 0 aliphatic heterocycles. The highest BCUT2D eigenvalue weighted by atomic mass is 35.5. The number of ether oxygens (including phenoxy) is 1. The standard InChI is InChI=1S/C20H20ClN3O3/c1-13(15-4-8-17(21)9-5-15)24(3)20(25)16-6-10-18(11-7-16)26-12-19-22-14(2)27-23-19/h4-11,13H,12H2,1-3H3. The number of aromatic nitrogens is 2. The third kappa shape index (κ3) is 4.65. The van der Waals surface area contributed by atoms with E-state index in [0.717, 1.165) is 5.56 Å². The number of amides is 1.